The van der Waals surface area contributed by atoms with Crippen LogP contribution in [0, 0.1) is 0 Å². The SMILES string of the molecule is OC[C@H](c1ccc(Cl)cc1Cl)N1CCNCC1. The highest BCUT2D eigenvalue weighted by molar-refractivity contribution is 6.35. The van der Waals surface area contributed by atoms with Gasteiger partial charge >= 0.3 is 0 Å². The lowest BCUT2D eigenvalue weighted by molar-refractivity contribution is 0.111. The first-order chi connectivity index (χ1) is 8.22. The molecule has 17 heavy (non-hydrogen) atoms. The number of halogens is 2. The summed E-state index contributed by atoms with van der Waals surface area (Å²) >= 11 is 12.1. The molecule has 0 spiro atoms. The van der Waals surface area contributed by atoms with E-state index in [9.17, 15) is 5.11 Å². The fourth-order valence-electron chi connectivity index (χ4n) is 2.18. The second-order valence-corrected chi connectivity index (χ2v) is 4.99. The minimum Gasteiger partial charge on any atom is -0.394 e. The van der Waals surface area contributed by atoms with Crippen LogP contribution in [0.5, 0.6) is 0 Å². The Kier molecular flexibility index (Phi) is 4.65. The van der Waals surface area contributed by atoms with Crippen molar-refractivity contribution in [3.05, 3.63) is 33.8 Å². The molecule has 1 fully saturated rings. The van der Waals surface area contributed by atoms with Gasteiger partial charge in [0.1, 0.15) is 0 Å². The molecule has 1 saturated heterocycles. The first-order valence-electron chi connectivity index (χ1n) is 5.73. The van der Waals surface area contributed by atoms with E-state index in [0.717, 1.165) is 31.7 Å². The molecule has 2 N–H and O–H groups in total. The molecule has 0 aliphatic carbocycles. The van der Waals surface area contributed by atoms with E-state index in [0.29, 0.717) is 10.0 Å². The van der Waals surface area contributed by atoms with Gasteiger partial charge in [-0.3, -0.25) is 4.90 Å². The van der Waals surface area contributed by atoms with Crippen molar-refractivity contribution in [2.75, 3.05) is 32.8 Å². The summed E-state index contributed by atoms with van der Waals surface area (Å²) in [5, 5.41) is 14.1. The number of nitrogens with zero attached hydrogens (tertiary/aromatic N) is 1. The topological polar surface area (TPSA) is 35.5 Å². The van der Waals surface area contributed by atoms with Crippen LogP contribution in [0.1, 0.15) is 11.6 Å². The Morgan fingerprint density at radius 3 is 2.59 bits per heavy atom. The van der Waals surface area contributed by atoms with Crippen LogP contribution in [0.15, 0.2) is 18.2 Å². The van der Waals surface area contributed by atoms with Crippen molar-refractivity contribution in [3.63, 3.8) is 0 Å². The van der Waals surface area contributed by atoms with Crippen molar-refractivity contribution >= 4 is 23.2 Å². The highest BCUT2D eigenvalue weighted by atomic mass is 35.5. The Balaban J connectivity index is 2.21. The summed E-state index contributed by atoms with van der Waals surface area (Å²) in [4.78, 5) is 2.24. The Morgan fingerprint density at radius 1 is 1.29 bits per heavy atom. The monoisotopic (exact) mass is 274 g/mol. The van der Waals surface area contributed by atoms with E-state index < -0.39 is 0 Å². The minimum absolute atomic E-state index is 0.0399. The molecule has 0 unspecified atom stereocenters. The number of rotatable bonds is 3. The summed E-state index contributed by atoms with van der Waals surface area (Å²) in [7, 11) is 0. The first kappa shape index (κ1) is 13.1. The molecule has 0 saturated carbocycles. The first-order valence-corrected chi connectivity index (χ1v) is 6.48. The molecule has 94 valence electrons. The number of benzene rings is 1. The molecule has 0 amide bonds. The molecule has 1 aromatic rings. The predicted octanol–water partition coefficient (Wildman–Crippen LogP) is 1.93. The van der Waals surface area contributed by atoms with E-state index in [1.54, 1.807) is 6.07 Å². The third kappa shape index (κ3) is 3.12. The van der Waals surface area contributed by atoms with Gasteiger partial charge in [-0.25, -0.2) is 0 Å². The largest absolute Gasteiger partial charge is 0.394 e. The molecule has 5 heteroatoms. The molecule has 1 heterocycles. The number of aliphatic hydroxyl groups excluding tert-OH is 1. The Bertz CT molecular complexity index is 381. The Morgan fingerprint density at radius 2 is 2.00 bits per heavy atom. The van der Waals surface area contributed by atoms with Crippen LogP contribution in [-0.4, -0.2) is 42.8 Å². The molecule has 3 nitrogen and oxygen atoms in total. The molecular weight excluding hydrogens is 259 g/mol. The molecular formula is C12H16Cl2N2O. The van der Waals surface area contributed by atoms with Crippen molar-refractivity contribution in [2.45, 2.75) is 6.04 Å². The predicted molar refractivity (Wildman–Crippen MR) is 70.7 cm³/mol. The lowest BCUT2D eigenvalue weighted by Gasteiger charge is -2.34. The maximum absolute atomic E-state index is 9.57. The van der Waals surface area contributed by atoms with E-state index in [1.165, 1.54) is 0 Å². The van der Waals surface area contributed by atoms with Crippen molar-refractivity contribution in [1.82, 2.24) is 10.2 Å². The molecule has 2 rings (SSSR count). The average molecular weight is 275 g/mol. The average Bonchev–Trinajstić information content (AvgIpc) is 2.34. The van der Waals surface area contributed by atoms with Gasteiger partial charge in [-0.15, -0.1) is 0 Å². The number of nitrogens with one attached hydrogen (secondary N) is 1. The van der Waals surface area contributed by atoms with Crippen LogP contribution in [0.2, 0.25) is 10.0 Å². The van der Waals surface area contributed by atoms with E-state index in [4.69, 9.17) is 23.2 Å². The van der Waals surface area contributed by atoms with Gasteiger partial charge < -0.3 is 10.4 Å². The van der Waals surface area contributed by atoms with Crippen molar-refractivity contribution in [2.24, 2.45) is 0 Å². The van der Waals surface area contributed by atoms with Crippen LogP contribution < -0.4 is 5.32 Å². The zero-order valence-electron chi connectivity index (χ0n) is 9.50. The van der Waals surface area contributed by atoms with E-state index in [2.05, 4.69) is 10.2 Å². The summed E-state index contributed by atoms with van der Waals surface area (Å²) < 4.78 is 0. The number of hydrogen-bond acceptors (Lipinski definition) is 3. The molecule has 1 aromatic carbocycles. The molecule has 1 atom stereocenters. The summed E-state index contributed by atoms with van der Waals surface area (Å²) in [6.07, 6.45) is 0. The summed E-state index contributed by atoms with van der Waals surface area (Å²) in [6, 6.07) is 5.40. The second-order valence-electron chi connectivity index (χ2n) is 4.15. The highest BCUT2D eigenvalue weighted by Gasteiger charge is 2.23. The summed E-state index contributed by atoms with van der Waals surface area (Å²) in [6.45, 7) is 3.80. The van der Waals surface area contributed by atoms with Gasteiger partial charge in [-0.2, -0.15) is 0 Å². The van der Waals surface area contributed by atoms with Crippen molar-refractivity contribution in [3.8, 4) is 0 Å². The maximum Gasteiger partial charge on any atom is 0.0629 e. The van der Waals surface area contributed by atoms with Gasteiger partial charge in [0.05, 0.1) is 12.6 Å². The van der Waals surface area contributed by atoms with Crippen LogP contribution in [-0.2, 0) is 0 Å². The van der Waals surface area contributed by atoms with Crippen LogP contribution in [0.4, 0.5) is 0 Å². The van der Waals surface area contributed by atoms with Gasteiger partial charge in [0.25, 0.3) is 0 Å². The van der Waals surface area contributed by atoms with Gasteiger partial charge in [-0.05, 0) is 17.7 Å². The van der Waals surface area contributed by atoms with Crippen molar-refractivity contribution < 1.29 is 5.11 Å². The maximum atomic E-state index is 9.57. The van der Waals surface area contributed by atoms with Gasteiger partial charge in [0, 0.05) is 36.2 Å². The standard InChI is InChI=1S/C12H16Cl2N2O/c13-9-1-2-10(11(14)7-9)12(8-17)16-5-3-15-4-6-16/h1-2,7,12,15,17H,3-6,8H2/t12-/m1/s1. The zero-order chi connectivity index (χ0) is 12.3. The molecule has 0 aromatic heterocycles. The molecule has 0 radical (unpaired) electrons. The van der Waals surface area contributed by atoms with Gasteiger partial charge in [-0.1, -0.05) is 29.3 Å². The lowest BCUT2D eigenvalue weighted by atomic mass is 10.1. The number of aliphatic hydroxyl groups is 1. The van der Waals surface area contributed by atoms with Crippen molar-refractivity contribution in [1.29, 1.82) is 0 Å². The fraction of sp³-hybridized carbons (Fsp3) is 0.500. The zero-order valence-corrected chi connectivity index (χ0v) is 11.0. The van der Waals surface area contributed by atoms with Crippen LogP contribution in [0.25, 0.3) is 0 Å². The third-order valence-electron chi connectivity index (χ3n) is 3.09. The molecule has 1 aliphatic heterocycles. The normalized spacial score (nSPS) is 19.2. The summed E-state index contributed by atoms with van der Waals surface area (Å²) in [5.74, 6) is 0. The van der Waals surface area contributed by atoms with Crippen LogP contribution in [0.3, 0.4) is 0 Å². The Labute approximate surface area is 111 Å². The Hall–Kier alpha value is -0.320. The molecule has 0 bridgehead atoms. The van der Waals surface area contributed by atoms with E-state index in [1.807, 2.05) is 12.1 Å². The highest BCUT2D eigenvalue weighted by Crippen LogP contribution is 2.29. The van der Waals surface area contributed by atoms with E-state index >= 15 is 0 Å². The fourth-order valence-corrected chi connectivity index (χ4v) is 2.71. The van der Waals surface area contributed by atoms with Gasteiger partial charge in [0.2, 0.25) is 0 Å². The number of piperazine rings is 1. The quantitative estimate of drug-likeness (QED) is 0.884. The summed E-state index contributed by atoms with van der Waals surface area (Å²) in [5.41, 5.74) is 0.945. The number of hydrogen-bond donors (Lipinski definition) is 2. The second kappa shape index (κ2) is 6.03. The lowest BCUT2D eigenvalue weighted by Crippen LogP contribution is -2.46. The smallest absolute Gasteiger partial charge is 0.0629 e. The van der Waals surface area contributed by atoms with Gasteiger partial charge in [0.15, 0.2) is 0 Å². The molecule has 1 aliphatic rings. The minimum atomic E-state index is -0.0399. The third-order valence-corrected chi connectivity index (χ3v) is 3.65. The van der Waals surface area contributed by atoms with E-state index in [-0.39, 0.29) is 12.6 Å². The van der Waals surface area contributed by atoms with Crippen LogP contribution >= 0.6 is 23.2 Å².